The van der Waals surface area contributed by atoms with E-state index in [4.69, 9.17) is 16.1 Å². The van der Waals surface area contributed by atoms with E-state index >= 15 is 0 Å². The van der Waals surface area contributed by atoms with Crippen LogP contribution in [0, 0.1) is 20.8 Å². The highest BCUT2D eigenvalue weighted by Crippen LogP contribution is 2.25. The van der Waals surface area contributed by atoms with Crippen molar-refractivity contribution in [3.05, 3.63) is 57.7 Å². The van der Waals surface area contributed by atoms with Crippen molar-refractivity contribution < 1.29 is 9.32 Å². The second kappa shape index (κ2) is 6.05. The van der Waals surface area contributed by atoms with Gasteiger partial charge < -0.3 is 9.84 Å². The van der Waals surface area contributed by atoms with Crippen LogP contribution >= 0.6 is 11.6 Å². The molecular weight excluding hydrogens is 312 g/mol. The van der Waals surface area contributed by atoms with Crippen molar-refractivity contribution >= 4 is 34.2 Å². The number of hydrogen-bond acceptors (Lipinski definition) is 3. The molecule has 3 rings (SSSR count). The number of nitrogens with zero attached hydrogens (tertiary/aromatic N) is 1. The van der Waals surface area contributed by atoms with Gasteiger partial charge in [-0.2, -0.15) is 0 Å². The molecule has 0 bridgehead atoms. The van der Waals surface area contributed by atoms with Crippen LogP contribution in [0.3, 0.4) is 0 Å². The van der Waals surface area contributed by atoms with Gasteiger partial charge in [-0.3, -0.25) is 4.79 Å². The molecule has 1 N–H and O–H groups in total. The Morgan fingerprint density at radius 2 is 1.96 bits per heavy atom. The summed E-state index contributed by atoms with van der Waals surface area (Å²) in [5, 5.41) is 8.41. The Hall–Kier alpha value is -2.33. The second-order valence-corrected chi connectivity index (χ2v) is 6.21. The topological polar surface area (TPSA) is 55.1 Å². The first-order valence-corrected chi connectivity index (χ1v) is 7.73. The third-order valence-electron chi connectivity index (χ3n) is 3.78. The van der Waals surface area contributed by atoms with E-state index in [9.17, 15) is 4.79 Å². The van der Waals surface area contributed by atoms with Gasteiger partial charge in [-0.15, -0.1) is 0 Å². The Morgan fingerprint density at radius 3 is 2.74 bits per heavy atom. The van der Waals surface area contributed by atoms with E-state index in [0.717, 1.165) is 27.7 Å². The summed E-state index contributed by atoms with van der Waals surface area (Å²) in [7, 11) is 0. The number of aryl methyl sites for hydroxylation is 3. The van der Waals surface area contributed by atoms with Gasteiger partial charge in [0.1, 0.15) is 5.69 Å². The molecule has 0 atom stereocenters. The lowest BCUT2D eigenvalue weighted by Crippen LogP contribution is -2.15. The van der Waals surface area contributed by atoms with Crippen molar-refractivity contribution in [1.82, 2.24) is 5.16 Å². The van der Waals surface area contributed by atoms with E-state index in [-0.39, 0.29) is 12.3 Å². The third-order valence-corrected chi connectivity index (χ3v) is 4.01. The van der Waals surface area contributed by atoms with Crippen LogP contribution in [0.15, 0.2) is 34.9 Å². The molecule has 1 amide bonds. The predicted molar refractivity (Wildman–Crippen MR) is 92.0 cm³/mol. The number of halogens is 1. The SMILES string of the molecule is Cc1cc(C)c2onc(CC(=O)Nc3cc(Cl)ccc3C)c2c1. The maximum absolute atomic E-state index is 12.3. The molecule has 0 saturated heterocycles. The number of aromatic nitrogens is 1. The van der Waals surface area contributed by atoms with Gasteiger partial charge in [-0.1, -0.05) is 28.9 Å². The summed E-state index contributed by atoms with van der Waals surface area (Å²) in [5.41, 5.74) is 5.18. The number of nitrogens with one attached hydrogen (secondary N) is 1. The van der Waals surface area contributed by atoms with Crippen LogP contribution in [0.4, 0.5) is 5.69 Å². The Labute approximate surface area is 139 Å². The van der Waals surface area contributed by atoms with Gasteiger partial charge in [0.25, 0.3) is 0 Å². The van der Waals surface area contributed by atoms with Crippen LogP contribution in [0.25, 0.3) is 11.0 Å². The minimum Gasteiger partial charge on any atom is -0.356 e. The molecule has 0 saturated carbocycles. The molecule has 5 heteroatoms. The van der Waals surface area contributed by atoms with Crippen molar-refractivity contribution in [1.29, 1.82) is 0 Å². The highest BCUT2D eigenvalue weighted by Gasteiger charge is 2.15. The van der Waals surface area contributed by atoms with Gasteiger partial charge in [-0.25, -0.2) is 0 Å². The van der Waals surface area contributed by atoms with Gasteiger partial charge in [0, 0.05) is 16.1 Å². The zero-order chi connectivity index (χ0) is 16.6. The quantitative estimate of drug-likeness (QED) is 0.765. The van der Waals surface area contributed by atoms with E-state index < -0.39 is 0 Å². The van der Waals surface area contributed by atoms with Crippen LogP contribution in [0.2, 0.25) is 5.02 Å². The molecule has 23 heavy (non-hydrogen) atoms. The number of carbonyl (C=O) groups is 1. The van der Waals surface area contributed by atoms with Crippen molar-refractivity contribution in [3.63, 3.8) is 0 Å². The first-order valence-electron chi connectivity index (χ1n) is 7.35. The minimum atomic E-state index is -0.148. The van der Waals surface area contributed by atoms with Gasteiger partial charge in [0.05, 0.1) is 6.42 Å². The van der Waals surface area contributed by atoms with Crippen molar-refractivity contribution in [3.8, 4) is 0 Å². The molecule has 3 aromatic rings. The Balaban J connectivity index is 1.85. The van der Waals surface area contributed by atoms with Crippen molar-refractivity contribution in [2.24, 2.45) is 0 Å². The monoisotopic (exact) mass is 328 g/mol. The zero-order valence-corrected chi connectivity index (χ0v) is 14.0. The van der Waals surface area contributed by atoms with Gasteiger partial charge in [0.15, 0.2) is 5.58 Å². The molecule has 1 aromatic heterocycles. The maximum atomic E-state index is 12.3. The molecule has 0 aliphatic carbocycles. The fourth-order valence-corrected chi connectivity index (χ4v) is 2.81. The Morgan fingerprint density at radius 1 is 1.17 bits per heavy atom. The molecule has 0 spiro atoms. The lowest BCUT2D eigenvalue weighted by molar-refractivity contribution is -0.115. The fourth-order valence-electron chi connectivity index (χ4n) is 2.64. The normalized spacial score (nSPS) is 11.0. The fraction of sp³-hybridized carbons (Fsp3) is 0.222. The number of anilines is 1. The van der Waals surface area contributed by atoms with Crippen LogP contribution in [0.5, 0.6) is 0 Å². The summed E-state index contributed by atoms with van der Waals surface area (Å²) in [6, 6.07) is 9.43. The first-order chi connectivity index (χ1) is 10.9. The first kappa shape index (κ1) is 15.6. The maximum Gasteiger partial charge on any atom is 0.230 e. The number of fused-ring (bicyclic) bond motifs is 1. The van der Waals surface area contributed by atoms with E-state index in [1.807, 2.05) is 39.0 Å². The van der Waals surface area contributed by atoms with E-state index in [1.54, 1.807) is 12.1 Å². The molecule has 2 aromatic carbocycles. The molecular formula is C18H17ClN2O2. The number of benzene rings is 2. The molecule has 118 valence electrons. The van der Waals surface area contributed by atoms with Gasteiger partial charge >= 0.3 is 0 Å². The third kappa shape index (κ3) is 3.22. The van der Waals surface area contributed by atoms with Gasteiger partial charge in [0.2, 0.25) is 5.91 Å². The second-order valence-electron chi connectivity index (χ2n) is 5.77. The Kier molecular flexibility index (Phi) is 4.09. The lowest BCUT2D eigenvalue weighted by Gasteiger charge is -2.08. The van der Waals surface area contributed by atoms with E-state index in [2.05, 4.69) is 10.5 Å². The van der Waals surface area contributed by atoms with Crippen molar-refractivity contribution in [2.75, 3.05) is 5.32 Å². The van der Waals surface area contributed by atoms with E-state index in [1.165, 1.54) is 0 Å². The lowest BCUT2D eigenvalue weighted by atomic mass is 10.1. The van der Waals surface area contributed by atoms with Crippen LogP contribution in [-0.2, 0) is 11.2 Å². The summed E-state index contributed by atoms with van der Waals surface area (Å²) in [4.78, 5) is 12.3. The molecule has 0 fully saturated rings. The average molecular weight is 329 g/mol. The number of amides is 1. The van der Waals surface area contributed by atoms with Crippen molar-refractivity contribution in [2.45, 2.75) is 27.2 Å². The number of carbonyl (C=O) groups excluding carboxylic acids is 1. The summed E-state index contributed by atoms with van der Waals surface area (Å²) < 4.78 is 5.38. The summed E-state index contributed by atoms with van der Waals surface area (Å²) in [5.74, 6) is -0.148. The van der Waals surface area contributed by atoms with Crippen LogP contribution in [-0.4, -0.2) is 11.1 Å². The number of rotatable bonds is 3. The van der Waals surface area contributed by atoms with Gasteiger partial charge in [-0.05, 0) is 55.7 Å². The zero-order valence-electron chi connectivity index (χ0n) is 13.2. The molecule has 0 aliphatic heterocycles. The standard InChI is InChI=1S/C18H17ClN2O2/c1-10-6-12(3)18-14(7-10)16(21-23-18)9-17(22)20-15-8-13(19)5-4-11(15)2/h4-8H,9H2,1-3H3,(H,20,22). The largest absolute Gasteiger partial charge is 0.356 e. The molecule has 1 heterocycles. The highest BCUT2D eigenvalue weighted by molar-refractivity contribution is 6.31. The van der Waals surface area contributed by atoms with E-state index in [0.29, 0.717) is 16.4 Å². The molecule has 0 radical (unpaired) electrons. The van der Waals surface area contributed by atoms with Crippen LogP contribution < -0.4 is 5.32 Å². The molecule has 4 nitrogen and oxygen atoms in total. The molecule has 0 aliphatic rings. The number of hydrogen-bond donors (Lipinski definition) is 1. The smallest absolute Gasteiger partial charge is 0.230 e. The highest BCUT2D eigenvalue weighted by atomic mass is 35.5. The van der Waals surface area contributed by atoms with Crippen LogP contribution in [0.1, 0.15) is 22.4 Å². The Bertz CT molecular complexity index is 899. The summed E-state index contributed by atoms with van der Waals surface area (Å²) >= 11 is 5.98. The summed E-state index contributed by atoms with van der Waals surface area (Å²) in [6.45, 7) is 5.91. The predicted octanol–water partition coefficient (Wildman–Crippen LogP) is 4.59. The molecule has 0 unspecified atom stereocenters. The minimum absolute atomic E-state index is 0.148. The average Bonchev–Trinajstić information content (AvgIpc) is 2.86. The summed E-state index contributed by atoms with van der Waals surface area (Å²) in [6.07, 6.45) is 0.155.